The first-order chi connectivity index (χ1) is 13.1. The molecular formula is C21H24FN3OS. The van der Waals surface area contributed by atoms with Crippen molar-refractivity contribution >= 4 is 22.7 Å². The SMILES string of the molecule is CC.COc1c(-c2ncc(Cc3ccc(F)cc3)s2)ccc2c1NC(C)N2. The average Bonchev–Trinajstić information content (AvgIpc) is 3.30. The van der Waals surface area contributed by atoms with Gasteiger partial charge >= 0.3 is 0 Å². The molecule has 4 rings (SSSR count). The van der Waals surface area contributed by atoms with Gasteiger partial charge in [0.15, 0.2) is 5.75 Å². The molecule has 27 heavy (non-hydrogen) atoms. The van der Waals surface area contributed by atoms with Crippen LogP contribution in [0.5, 0.6) is 5.75 Å². The Morgan fingerprint density at radius 3 is 2.56 bits per heavy atom. The van der Waals surface area contributed by atoms with Gasteiger partial charge in [-0.05, 0) is 36.8 Å². The number of nitrogens with zero attached hydrogens (tertiary/aromatic N) is 1. The highest BCUT2D eigenvalue weighted by molar-refractivity contribution is 7.15. The molecule has 0 aliphatic carbocycles. The lowest BCUT2D eigenvalue weighted by molar-refractivity contribution is 0.418. The smallest absolute Gasteiger partial charge is 0.154 e. The number of rotatable bonds is 4. The number of benzene rings is 2. The van der Waals surface area contributed by atoms with E-state index < -0.39 is 0 Å². The number of hydrogen-bond acceptors (Lipinski definition) is 5. The maximum Gasteiger partial charge on any atom is 0.154 e. The maximum absolute atomic E-state index is 13.0. The number of ether oxygens (including phenoxy) is 1. The molecule has 3 aromatic rings. The van der Waals surface area contributed by atoms with Gasteiger partial charge in [-0.2, -0.15) is 0 Å². The van der Waals surface area contributed by atoms with E-state index >= 15 is 0 Å². The second kappa shape index (κ2) is 8.39. The monoisotopic (exact) mass is 385 g/mol. The predicted octanol–water partition coefficient (Wildman–Crippen LogP) is 5.76. The van der Waals surface area contributed by atoms with Crippen molar-refractivity contribution in [2.45, 2.75) is 33.4 Å². The number of fused-ring (bicyclic) bond motifs is 1. The highest BCUT2D eigenvalue weighted by Crippen LogP contribution is 2.45. The van der Waals surface area contributed by atoms with Gasteiger partial charge in [0.1, 0.15) is 16.5 Å². The molecular weight excluding hydrogens is 361 g/mol. The zero-order chi connectivity index (χ0) is 19.4. The van der Waals surface area contributed by atoms with E-state index in [-0.39, 0.29) is 12.0 Å². The van der Waals surface area contributed by atoms with Crippen LogP contribution in [-0.2, 0) is 6.42 Å². The van der Waals surface area contributed by atoms with Crippen LogP contribution in [0.3, 0.4) is 0 Å². The van der Waals surface area contributed by atoms with Crippen molar-refractivity contribution in [3.05, 3.63) is 58.9 Å². The molecule has 6 heteroatoms. The topological polar surface area (TPSA) is 46.2 Å². The molecule has 1 aliphatic heterocycles. The first kappa shape index (κ1) is 19.2. The van der Waals surface area contributed by atoms with Crippen LogP contribution in [0.15, 0.2) is 42.6 Å². The Kier molecular flexibility index (Phi) is 5.96. The van der Waals surface area contributed by atoms with Crippen LogP contribution in [-0.4, -0.2) is 18.3 Å². The Labute approximate surface area is 163 Å². The normalized spacial score (nSPS) is 14.5. The Bertz CT molecular complexity index is 908. The molecule has 0 saturated heterocycles. The average molecular weight is 386 g/mol. The summed E-state index contributed by atoms with van der Waals surface area (Å²) < 4.78 is 18.7. The van der Waals surface area contributed by atoms with Crippen molar-refractivity contribution < 1.29 is 9.13 Å². The molecule has 1 aromatic heterocycles. The Morgan fingerprint density at radius 2 is 1.85 bits per heavy atom. The highest BCUT2D eigenvalue weighted by atomic mass is 32.1. The van der Waals surface area contributed by atoms with Crippen LogP contribution in [0.2, 0.25) is 0 Å². The van der Waals surface area contributed by atoms with Gasteiger partial charge in [0.25, 0.3) is 0 Å². The quantitative estimate of drug-likeness (QED) is 0.599. The Balaban J connectivity index is 0.00000102. The number of halogens is 1. The van der Waals surface area contributed by atoms with Gasteiger partial charge in [0.2, 0.25) is 0 Å². The van der Waals surface area contributed by atoms with E-state index in [1.165, 1.54) is 12.1 Å². The summed E-state index contributed by atoms with van der Waals surface area (Å²) in [7, 11) is 1.68. The second-order valence-corrected chi connectivity index (χ2v) is 7.13. The highest BCUT2D eigenvalue weighted by Gasteiger charge is 2.23. The maximum atomic E-state index is 13.0. The number of thiazole rings is 1. The number of anilines is 2. The van der Waals surface area contributed by atoms with Crippen LogP contribution in [0.1, 0.15) is 31.2 Å². The van der Waals surface area contributed by atoms with E-state index in [9.17, 15) is 4.39 Å². The summed E-state index contributed by atoms with van der Waals surface area (Å²) in [5, 5.41) is 7.65. The first-order valence-electron chi connectivity index (χ1n) is 9.07. The van der Waals surface area contributed by atoms with Crippen molar-refractivity contribution in [3.63, 3.8) is 0 Å². The van der Waals surface area contributed by atoms with Gasteiger partial charge in [-0.1, -0.05) is 26.0 Å². The van der Waals surface area contributed by atoms with Crippen molar-refractivity contribution in [2.24, 2.45) is 0 Å². The summed E-state index contributed by atoms with van der Waals surface area (Å²) in [6.07, 6.45) is 2.79. The van der Waals surface area contributed by atoms with E-state index in [1.807, 2.05) is 44.3 Å². The van der Waals surface area contributed by atoms with Crippen LogP contribution in [0.25, 0.3) is 10.6 Å². The second-order valence-electron chi connectivity index (χ2n) is 6.01. The van der Waals surface area contributed by atoms with Gasteiger partial charge in [-0.15, -0.1) is 11.3 Å². The predicted molar refractivity (Wildman–Crippen MR) is 111 cm³/mol. The minimum absolute atomic E-state index is 0.171. The van der Waals surface area contributed by atoms with Crippen molar-refractivity contribution in [3.8, 4) is 16.3 Å². The zero-order valence-electron chi connectivity index (χ0n) is 16.0. The van der Waals surface area contributed by atoms with E-state index in [1.54, 1.807) is 18.4 Å². The molecule has 142 valence electrons. The lowest BCUT2D eigenvalue weighted by Crippen LogP contribution is -2.16. The lowest BCUT2D eigenvalue weighted by atomic mass is 10.1. The summed E-state index contributed by atoms with van der Waals surface area (Å²) in [5.41, 5.74) is 4.05. The molecule has 2 heterocycles. The molecule has 2 aromatic carbocycles. The third-order valence-electron chi connectivity index (χ3n) is 4.17. The third-order valence-corrected chi connectivity index (χ3v) is 5.20. The molecule has 0 fully saturated rings. The summed E-state index contributed by atoms with van der Waals surface area (Å²) in [5.74, 6) is 0.587. The minimum Gasteiger partial charge on any atom is -0.494 e. The van der Waals surface area contributed by atoms with Gasteiger partial charge in [0.05, 0.1) is 24.5 Å². The minimum atomic E-state index is -0.216. The Morgan fingerprint density at radius 1 is 1.11 bits per heavy atom. The third kappa shape index (κ3) is 4.06. The molecule has 1 aliphatic rings. The van der Waals surface area contributed by atoms with E-state index in [0.717, 1.165) is 44.6 Å². The van der Waals surface area contributed by atoms with Crippen molar-refractivity contribution in [2.75, 3.05) is 17.7 Å². The van der Waals surface area contributed by atoms with Crippen LogP contribution < -0.4 is 15.4 Å². The van der Waals surface area contributed by atoms with Crippen molar-refractivity contribution in [1.29, 1.82) is 0 Å². The van der Waals surface area contributed by atoms with Gasteiger partial charge in [-0.25, -0.2) is 9.37 Å². The summed E-state index contributed by atoms with van der Waals surface area (Å²) in [4.78, 5) is 5.70. The molecule has 4 nitrogen and oxygen atoms in total. The van der Waals surface area contributed by atoms with E-state index in [2.05, 4.69) is 22.5 Å². The number of hydrogen-bond donors (Lipinski definition) is 2. The molecule has 0 radical (unpaired) electrons. The van der Waals surface area contributed by atoms with Crippen LogP contribution in [0.4, 0.5) is 15.8 Å². The molecule has 0 saturated carbocycles. The molecule has 0 spiro atoms. The summed E-state index contributed by atoms with van der Waals surface area (Å²) in [6, 6.07) is 10.7. The van der Waals surface area contributed by atoms with Crippen LogP contribution in [0, 0.1) is 5.82 Å². The first-order valence-corrected chi connectivity index (χ1v) is 9.89. The van der Waals surface area contributed by atoms with Crippen LogP contribution >= 0.6 is 11.3 Å². The van der Waals surface area contributed by atoms with Crippen molar-refractivity contribution in [1.82, 2.24) is 4.98 Å². The molecule has 0 amide bonds. The number of aromatic nitrogens is 1. The molecule has 1 atom stereocenters. The zero-order valence-corrected chi connectivity index (χ0v) is 16.8. The van der Waals surface area contributed by atoms with Gasteiger partial charge < -0.3 is 15.4 Å². The Hall–Kier alpha value is -2.60. The number of methoxy groups -OCH3 is 1. The summed E-state index contributed by atoms with van der Waals surface area (Å²) >= 11 is 1.63. The number of nitrogens with one attached hydrogen (secondary N) is 2. The lowest BCUT2D eigenvalue weighted by Gasteiger charge is -2.11. The fourth-order valence-corrected chi connectivity index (χ4v) is 4.00. The van der Waals surface area contributed by atoms with E-state index in [4.69, 9.17) is 4.74 Å². The largest absolute Gasteiger partial charge is 0.494 e. The molecule has 1 unspecified atom stereocenters. The molecule has 0 bridgehead atoms. The fraction of sp³-hybridized carbons (Fsp3) is 0.286. The van der Waals surface area contributed by atoms with Gasteiger partial charge in [0, 0.05) is 17.5 Å². The standard InChI is InChI=1S/C19H18FN3OS.C2H6/c1-11-22-16-8-7-15(18(24-2)17(16)23-11)19-21-10-14(25-19)9-12-3-5-13(20)6-4-12;1-2/h3-8,10-11,22-23H,9H2,1-2H3;1-2H3. The molecule has 2 N–H and O–H groups in total. The summed E-state index contributed by atoms with van der Waals surface area (Å²) in [6.45, 7) is 6.06. The fourth-order valence-electron chi connectivity index (χ4n) is 3.03. The van der Waals surface area contributed by atoms with Gasteiger partial charge in [-0.3, -0.25) is 0 Å². The van der Waals surface area contributed by atoms with E-state index in [0.29, 0.717) is 0 Å².